The van der Waals surface area contributed by atoms with Gasteiger partial charge < -0.3 is 14.7 Å². The van der Waals surface area contributed by atoms with Crippen molar-refractivity contribution in [3.63, 3.8) is 0 Å². The first kappa shape index (κ1) is 24.0. The summed E-state index contributed by atoms with van der Waals surface area (Å²) in [5, 5.41) is 32.8. The zero-order chi connectivity index (χ0) is 25.4. The van der Waals surface area contributed by atoms with Crippen LogP contribution in [-0.4, -0.2) is 59.3 Å². The molecule has 0 aliphatic carbocycles. The van der Waals surface area contributed by atoms with Gasteiger partial charge in [-0.3, -0.25) is 4.98 Å². The van der Waals surface area contributed by atoms with Crippen LogP contribution in [-0.2, 0) is 0 Å². The quantitative estimate of drug-likeness (QED) is 0.391. The van der Waals surface area contributed by atoms with Gasteiger partial charge in [0.25, 0.3) is 0 Å². The third-order valence-electron chi connectivity index (χ3n) is 6.56. The van der Waals surface area contributed by atoms with Crippen molar-refractivity contribution in [2.45, 2.75) is 32.4 Å². The van der Waals surface area contributed by atoms with Gasteiger partial charge in [0.1, 0.15) is 22.8 Å². The minimum atomic E-state index is -0.849. The minimum absolute atomic E-state index is 0.123. The third kappa shape index (κ3) is 4.34. The van der Waals surface area contributed by atoms with Gasteiger partial charge in [-0.25, -0.2) is 13.6 Å². The van der Waals surface area contributed by atoms with E-state index in [1.807, 2.05) is 11.6 Å². The van der Waals surface area contributed by atoms with Crippen LogP contribution in [0.2, 0.25) is 5.02 Å². The van der Waals surface area contributed by atoms with E-state index in [-0.39, 0.29) is 18.6 Å². The standard InChI is InChI=1S/C24H24ClFN8O2/c1-14-10-32(13-27)6-5-20(14)34-15(2)23(30-31-34)16-7-21(24-18(25)9-29-33(24)11-16)36-22(12-35)19-4-3-17(26)8-28-19/h3-4,7-9,11,14,20,22,35H,5-6,10,12H2,1-2H3/t14-,20+,22?/m1/s1. The molecule has 0 amide bonds. The minimum Gasteiger partial charge on any atom is -0.479 e. The van der Waals surface area contributed by atoms with Crippen LogP contribution in [0.25, 0.3) is 16.8 Å². The number of aromatic nitrogens is 6. The molecule has 0 bridgehead atoms. The summed E-state index contributed by atoms with van der Waals surface area (Å²) in [5.74, 6) is 0.112. The normalized spacial score (nSPS) is 18.8. The number of nitriles is 1. The zero-order valence-corrected chi connectivity index (χ0v) is 20.5. The van der Waals surface area contributed by atoms with Crippen molar-refractivity contribution in [3.05, 3.63) is 59.0 Å². The number of fused-ring (bicyclic) bond motifs is 1. The molecule has 1 unspecified atom stereocenters. The SMILES string of the molecule is Cc1c(-c2cc(OC(CO)c3ccc(F)cn3)c3c(Cl)cnn3c2)nnn1[C@H]1CCN(C#N)C[C@H]1C. The van der Waals surface area contributed by atoms with E-state index < -0.39 is 11.9 Å². The Morgan fingerprint density at radius 1 is 1.36 bits per heavy atom. The predicted molar refractivity (Wildman–Crippen MR) is 129 cm³/mol. The molecule has 1 N–H and O–H groups in total. The summed E-state index contributed by atoms with van der Waals surface area (Å²) < 4.78 is 23.0. The Morgan fingerprint density at radius 3 is 2.89 bits per heavy atom. The molecule has 0 radical (unpaired) electrons. The number of piperidine rings is 1. The second-order valence-electron chi connectivity index (χ2n) is 8.92. The fourth-order valence-corrected chi connectivity index (χ4v) is 4.92. The Kier molecular flexibility index (Phi) is 6.47. The van der Waals surface area contributed by atoms with Gasteiger partial charge >= 0.3 is 0 Å². The molecule has 4 aromatic heterocycles. The Labute approximate surface area is 211 Å². The number of ether oxygens (including phenoxy) is 1. The molecule has 3 atom stereocenters. The van der Waals surface area contributed by atoms with Crippen LogP contribution in [0.3, 0.4) is 0 Å². The lowest BCUT2D eigenvalue weighted by atomic mass is 9.94. The first-order chi connectivity index (χ1) is 17.4. The molecule has 0 spiro atoms. The lowest BCUT2D eigenvalue weighted by Crippen LogP contribution is -2.38. The van der Waals surface area contributed by atoms with Gasteiger partial charge in [-0.05, 0) is 37.5 Å². The Balaban J connectivity index is 1.52. The zero-order valence-electron chi connectivity index (χ0n) is 19.7. The smallest absolute Gasteiger partial charge is 0.179 e. The van der Waals surface area contributed by atoms with Gasteiger partial charge in [0.2, 0.25) is 0 Å². The summed E-state index contributed by atoms with van der Waals surface area (Å²) >= 11 is 6.40. The highest BCUT2D eigenvalue weighted by Crippen LogP contribution is 2.36. The molecule has 5 rings (SSSR count). The average molecular weight is 511 g/mol. The Morgan fingerprint density at radius 2 is 2.19 bits per heavy atom. The number of aliphatic hydroxyl groups is 1. The topological polar surface area (TPSA) is 117 Å². The van der Waals surface area contributed by atoms with Crippen LogP contribution in [0, 0.1) is 30.1 Å². The van der Waals surface area contributed by atoms with Crippen LogP contribution < -0.4 is 4.74 Å². The summed E-state index contributed by atoms with van der Waals surface area (Å²) in [5.41, 5.74) is 3.12. The van der Waals surface area contributed by atoms with E-state index in [1.54, 1.807) is 21.7 Å². The third-order valence-corrected chi connectivity index (χ3v) is 6.84. The van der Waals surface area contributed by atoms with Gasteiger partial charge in [0.15, 0.2) is 12.3 Å². The molecule has 0 saturated carbocycles. The summed E-state index contributed by atoms with van der Waals surface area (Å²) in [6.45, 7) is 5.03. The summed E-state index contributed by atoms with van der Waals surface area (Å²) in [6.07, 6.45) is 6.54. The van der Waals surface area contributed by atoms with Gasteiger partial charge in [-0.15, -0.1) is 5.10 Å². The van der Waals surface area contributed by atoms with E-state index in [1.165, 1.54) is 18.3 Å². The first-order valence-corrected chi connectivity index (χ1v) is 11.9. The molecule has 5 heterocycles. The van der Waals surface area contributed by atoms with Crippen molar-refractivity contribution in [1.29, 1.82) is 5.26 Å². The average Bonchev–Trinajstić information content (AvgIpc) is 3.45. The molecule has 0 aromatic carbocycles. The number of halogens is 2. The molecule has 10 nitrogen and oxygen atoms in total. The van der Waals surface area contributed by atoms with E-state index >= 15 is 0 Å². The van der Waals surface area contributed by atoms with Crippen molar-refractivity contribution in [1.82, 2.24) is 34.5 Å². The molecule has 36 heavy (non-hydrogen) atoms. The lowest BCUT2D eigenvalue weighted by molar-refractivity contribution is 0.114. The number of hydrogen-bond acceptors (Lipinski definition) is 8. The number of likely N-dealkylation sites (tertiary alicyclic amines) is 1. The molecule has 1 saturated heterocycles. The molecular formula is C24H24ClFN8O2. The second kappa shape index (κ2) is 9.72. The highest BCUT2D eigenvalue weighted by atomic mass is 35.5. The monoisotopic (exact) mass is 510 g/mol. The fourth-order valence-electron chi connectivity index (χ4n) is 4.70. The predicted octanol–water partition coefficient (Wildman–Crippen LogP) is 3.57. The summed E-state index contributed by atoms with van der Waals surface area (Å²) in [7, 11) is 0. The highest BCUT2D eigenvalue weighted by molar-refractivity contribution is 6.34. The van der Waals surface area contributed by atoms with Gasteiger partial charge in [0, 0.05) is 24.8 Å². The molecule has 12 heteroatoms. The first-order valence-electron chi connectivity index (χ1n) is 11.5. The number of hydrogen-bond donors (Lipinski definition) is 1. The van der Waals surface area contributed by atoms with E-state index in [2.05, 4.69) is 33.5 Å². The van der Waals surface area contributed by atoms with E-state index in [9.17, 15) is 14.8 Å². The van der Waals surface area contributed by atoms with Crippen LogP contribution in [0.5, 0.6) is 5.75 Å². The number of pyridine rings is 2. The van der Waals surface area contributed by atoms with Crippen molar-refractivity contribution < 1.29 is 14.2 Å². The largest absolute Gasteiger partial charge is 0.479 e. The van der Waals surface area contributed by atoms with Crippen molar-refractivity contribution >= 4 is 17.1 Å². The Bertz CT molecular complexity index is 1430. The lowest BCUT2D eigenvalue weighted by Gasteiger charge is -2.34. The number of aliphatic hydroxyl groups excluding tert-OH is 1. The van der Waals surface area contributed by atoms with Crippen molar-refractivity contribution in [2.24, 2.45) is 5.92 Å². The molecular weight excluding hydrogens is 487 g/mol. The van der Waals surface area contributed by atoms with Gasteiger partial charge in [0.05, 0.1) is 41.5 Å². The van der Waals surface area contributed by atoms with E-state index in [4.69, 9.17) is 16.3 Å². The van der Waals surface area contributed by atoms with Crippen molar-refractivity contribution in [3.8, 4) is 23.2 Å². The van der Waals surface area contributed by atoms with Crippen LogP contribution >= 0.6 is 11.6 Å². The summed E-state index contributed by atoms with van der Waals surface area (Å²) in [6, 6.07) is 4.62. The molecule has 1 aliphatic rings. The molecule has 1 aliphatic heterocycles. The Hall–Kier alpha value is -3.75. The molecule has 186 valence electrons. The molecule has 1 fully saturated rings. The van der Waals surface area contributed by atoms with Crippen LogP contribution in [0.4, 0.5) is 4.39 Å². The van der Waals surface area contributed by atoms with Crippen LogP contribution in [0.1, 0.15) is 36.9 Å². The fraction of sp³-hybridized carbons (Fsp3) is 0.375. The van der Waals surface area contributed by atoms with E-state index in [0.29, 0.717) is 46.3 Å². The maximum Gasteiger partial charge on any atom is 0.179 e. The van der Waals surface area contributed by atoms with Gasteiger partial charge in [-0.2, -0.15) is 10.4 Å². The maximum absolute atomic E-state index is 13.4. The van der Waals surface area contributed by atoms with Crippen molar-refractivity contribution in [2.75, 3.05) is 19.7 Å². The highest BCUT2D eigenvalue weighted by Gasteiger charge is 2.30. The van der Waals surface area contributed by atoms with E-state index in [0.717, 1.165) is 18.3 Å². The summed E-state index contributed by atoms with van der Waals surface area (Å²) in [4.78, 5) is 5.80. The second-order valence-corrected chi connectivity index (χ2v) is 9.32. The number of rotatable bonds is 6. The maximum atomic E-state index is 13.4. The molecule has 4 aromatic rings. The van der Waals surface area contributed by atoms with Gasteiger partial charge in [-0.1, -0.05) is 23.7 Å². The van der Waals surface area contributed by atoms with Crippen LogP contribution in [0.15, 0.2) is 36.8 Å². The number of nitrogens with zero attached hydrogens (tertiary/aromatic N) is 8.